The van der Waals surface area contributed by atoms with Crippen LogP contribution in [0.3, 0.4) is 0 Å². The SMILES string of the molecule is CNCCNc1cnn(Cc2ccn(C)n2)c(=O)c1. The van der Waals surface area contributed by atoms with Gasteiger partial charge < -0.3 is 10.6 Å². The van der Waals surface area contributed by atoms with Crippen molar-refractivity contribution in [2.24, 2.45) is 7.05 Å². The zero-order chi connectivity index (χ0) is 13.7. The molecule has 0 fully saturated rings. The first kappa shape index (κ1) is 13.3. The number of nitrogens with zero attached hydrogens (tertiary/aromatic N) is 4. The molecule has 0 aliphatic rings. The number of hydrogen-bond donors (Lipinski definition) is 2. The van der Waals surface area contributed by atoms with Crippen molar-refractivity contribution >= 4 is 5.69 Å². The Bertz CT molecular complexity index is 588. The Hall–Kier alpha value is -2.15. The number of aromatic nitrogens is 4. The van der Waals surface area contributed by atoms with E-state index < -0.39 is 0 Å². The van der Waals surface area contributed by atoms with E-state index in [0.29, 0.717) is 6.54 Å². The zero-order valence-corrected chi connectivity index (χ0v) is 11.1. The smallest absolute Gasteiger partial charge is 0.269 e. The molecule has 0 saturated heterocycles. The molecule has 0 unspecified atom stereocenters. The van der Waals surface area contributed by atoms with Crippen LogP contribution in [0.25, 0.3) is 0 Å². The van der Waals surface area contributed by atoms with Crippen molar-refractivity contribution in [2.75, 3.05) is 25.5 Å². The summed E-state index contributed by atoms with van der Waals surface area (Å²) < 4.78 is 3.10. The van der Waals surface area contributed by atoms with Crippen LogP contribution >= 0.6 is 0 Å². The fourth-order valence-electron chi connectivity index (χ4n) is 1.68. The summed E-state index contributed by atoms with van der Waals surface area (Å²) in [5.41, 5.74) is 1.41. The molecule has 0 aliphatic carbocycles. The molecule has 0 aromatic carbocycles. The van der Waals surface area contributed by atoms with Gasteiger partial charge in [-0.05, 0) is 13.1 Å². The number of hydrogen-bond acceptors (Lipinski definition) is 5. The molecule has 0 radical (unpaired) electrons. The van der Waals surface area contributed by atoms with Crippen LogP contribution in [0.4, 0.5) is 5.69 Å². The van der Waals surface area contributed by atoms with E-state index in [1.807, 2.05) is 26.4 Å². The molecule has 7 nitrogen and oxygen atoms in total. The van der Waals surface area contributed by atoms with Crippen LogP contribution in [0.1, 0.15) is 5.69 Å². The Morgan fingerprint density at radius 2 is 2.21 bits per heavy atom. The molecule has 0 atom stereocenters. The molecule has 2 N–H and O–H groups in total. The summed E-state index contributed by atoms with van der Waals surface area (Å²) in [5, 5.41) is 14.5. The van der Waals surface area contributed by atoms with E-state index in [4.69, 9.17) is 0 Å². The Labute approximate surface area is 111 Å². The zero-order valence-electron chi connectivity index (χ0n) is 11.1. The summed E-state index contributed by atoms with van der Waals surface area (Å²) in [6.45, 7) is 1.97. The number of likely N-dealkylation sites (N-methyl/N-ethyl adjacent to an activating group) is 1. The van der Waals surface area contributed by atoms with Gasteiger partial charge in [-0.1, -0.05) is 0 Å². The first-order valence-electron chi connectivity index (χ1n) is 6.13. The molecule has 2 heterocycles. The summed E-state index contributed by atoms with van der Waals surface area (Å²) in [6.07, 6.45) is 3.49. The van der Waals surface area contributed by atoms with Gasteiger partial charge in [0, 0.05) is 32.4 Å². The minimum atomic E-state index is -0.139. The molecule has 0 aliphatic heterocycles. The quantitative estimate of drug-likeness (QED) is 0.696. The minimum Gasteiger partial charge on any atom is -0.382 e. The minimum absolute atomic E-state index is 0.139. The molecular formula is C12H18N6O. The molecule has 0 bridgehead atoms. The topological polar surface area (TPSA) is 76.8 Å². The second-order valence-electron chi connectivity index (χ2n) is 4.25. The summed E-state index contributed by atoms with van der Waals surface area (Å²) in [7, 11) is 3.72. The Kier molecular flexibility index (Phi) is 4.30. The molecule has 2 aromatic heterocycles. The van der Waals surface area contributed by atoms with Crippen LogP contribution in [0.15, 0.2) is 29.3 Å². The van der Waals surface area contributed by atoms with Crippen molar-refractivity contribution in [1.82, 2.24) is 24.9 Å². The molecule has 0 saturated carbocycles. The lowest BCUT2D eigenvalue weighted by Crippen LogP contribution is -2.24. The van der Waals surface area contributed by atoms with Crippen molar-refractivity contribution in [3.63, 3.8) is 0 Å². The normalized spacial score (nSPS) is 10.6. The number of rotatable bonds is 6. The molecule has 19 heavy (non-hydrogen) atoms. The van der Waals surface area contributed by atoms with Crippen LogP contribution in [0, 0.1) is 0 Å². The highest BCUT2D eigenvalue weighted by molar-refractivity contribution is 5.38. The van der Waals surface area contributed by atoms with Gasteiger partial charge in [0.15, 0.2) is 0 Å². The number of nitrogens with one attached hydrogen (secondary N) is 2. The second-order valence-corrected chi connectivity index (χ2v) is 4.25. The molecule has 2 rings (SSSR count). The maximum absolute atomic E-state index is 11.9. The fraction of sp³-hybridized carbons (Fsp3) is 0.417. The van der Waals surface area contributed by atoms with E-state index in [-0.39, 0.29) is 5.56 Å². The third-order valence-corrected chi connectivity index (χ3v) is 2.65. The number of anilines is 1. The van der Waals surface area contributed by atoms with Gasteiger partial charge in [-0.25, -0.2) is 4.68 Å². The predicted octanol–water partition coefficient (Wildman–Crippen LogP) is -0.344. The van der Waals surface area contributed by atoms with Gasteiger partial charge in [-0.2, -0.15) is 10.2 Å². The van der Waals surface area contributed by atoms with E-state index >= 15 is 0 Å². The Morgan fingerprint density at radius 3 is 2.84 bits per heavy atom. The van der Waals surface area contributed by atoms with Gasteiger partial charge in [0.25, 0.3) is 5.56 Å². The van der Waals surface area contributed by atoms with E-state index in [1.165, 1.54) is 4.68 Å². The van der Waals surface area contributed by atoms with Crippen molar-refractivity contribution in [3.05, 3.63) is 40.6 Å². The van der Waals surface area contributed by atoms with Gasteiger partial charge in [-0.3, -0.25) is 9.48 Å². The van der Waals surface area contributed by atoms with Crippen molar-refractivity contribution in [2.45, 2.75) is 6.54 Å². The van der Waals surface area contributed by atoms with E-state index in [1.54, 1.807) is 16.9 Å². The highest BCUT2D eigenvalue weighted by Crippen LogP contribution is 2.00. The lowest BCUT2D eigenvalue weighted by molar-refractivity contribution is 0.615. The third-order valence-electron chi connectivity index (χ3n) is 2.65. The van der Waals surface area contributed by atoms with Gasteiger partial charge in [0.1, 0.15) is 0 Å². The molecular weight excluding hydrogens is 244 g/mol. The van der Waals surface area contributed by atoms with Crippen LogP contribution < -0.4 is 16.2 Å². The van der Waals surface area contributed by atoms with Gasteiger partial charge in [0.2, 0.25) is 0 Å². The maximum Gasteiger partial charge on any atom is 0.269 e. The first-order chi connectivity index (χ1) is 9.19. The van der Waals surface area contributed by atoms with Gasteiger partial charge >= 0.3 is 0 Å². The molecule has 0 spiro atoms. The Morgan fingerprint density at radius 1 is 1.37 bits per heavy atom. The van der Waals surface area contributed by atoms with E-state index in [9.17, 15) is 4.79 Å². The number of aryl methyl sites for hydroxylation is 1. The van der Waals surface area contributed by atoms with Crippen LogP contribution in [0.5, 0.6) is 0 Å². The van der Waals surface area contributed by atoms with E-state index in [0.717, 1.165) is 24.5 Å². The fourth-order valence-corrected chi connectivity index (χ4v) is 1.68. The molecule has 7 heteroatoms. The van der Waals surface area contributed by atoms with E-state index in [2.05, 4.69) is 20.8 Å². The summed E-state index contributed by atoms with van der Waals surface area (Å²) in [5.74, 6) is 0. The van der Waals surface area contributed by atoms with Gasteiger partial charge in [0.05, 0.1) is 24.1 Å². The molecule has 2 aromatic rings. The second kappa shape index (κ2) is 6.14. The summed E-state index contributed by atoms with van der Waals surface area (Å²) >= 11 is 0. The Balaban J connectivity index is 2.04. The van der Waals surface area contributed by atoms with Crippen LogP contribution in [0.2, 0.25) is 0 Å². The van der Waals surface area contributed by atoms with Crippen LogP contribution in [-0.2, 0) is 13.6 Å². The lowest BCUT2D eigenvalue weighted by atomic mass is 10.4. The van der Waals surface area contributed by atoms with Crippen molar-refractivity contribution in [1.29, 1.82) is 0 Å². The lowest BCUT2D eigenvalue weighted by Gasteiger charge is -2.07. The largest absolute Gasteiger partial charge is 0.382 e. The highest BCUT2D eigenvalue weighted by Gasteiger charge is 2.03. The average molecular weight is 262 g/mol. The van der Waals surface area contributed by atoms with Gasteiger partial charge in [-0.15, -0.1) is 0 Å². The van der Waals surface area contributed by atoms with Crippen molar-refractivity contribution in [3.8, 4) is 0 Å². The van der Waals surface area contributed by atoms with Crippen molar-refractivity contribution < 1.29 is 0 Å². The summed E-state index contributed by atoms with van der Waals surface area (Å²) in [6, 6.07) is 3.42. The average Bonchev–Trinajstić information content (AvgIpc) is 2.79. The highest BCUT2D eigenvalue weighted by atomic mass is 16.1. The predicted molar refractivity (Wildman–Crippen MR) is 73.2 cm³/mol. The standard InChI is InChI=1S/C12H18N6O/c1-13-4-5-14-11-7-12(19)18(15-8-11)9-10-3-6-17(2)16-10/h3,6-8,13-14H,4-5,9H2,1-2H3. The summed E-state index contributed by atoms with van der Waals surface area (Å²) in [4.78, 5) is 11.9. The maximum atomic E-state index is 11.9. The monoisotopic (exact) mass is 262 g/mol. The third kappa shape index (κ3) is 3.65. The first-order valence-corrected chi connectivity index (χ1v) is 6.13. The van der Waals surface area contributed by atoms with Crippen LogP contribution in [-0.4, -0.2) is 39.7 Å². The molecule has 0 amide bonds. The molecule has 102 valence electrons.